The normalized spacial score (nSPS) is 16.3. The maximum absolute atomic E-state index is 11.9. The van der Waals surface area contributed by atoms with Gasteiger partial charge in [0, 0.05) is 18.8 Å². The highest BCUT2D eigenvalue weighted by molar-refractivity contribution is 6.39. The third-order valence-electron chi connectivity index (χ3n) is 3.83. The standard InChI is InChI=1S/C18H24N2O5/c1-2-3-10-25-18(23)13-6-8-14(9-7-13)20-17(22)16(21)19-12-15-5-4-11-24-15/h6-9,15H,2-5,10-12H2,1H3,(H,19,21)(H,20,22)/t15-/m1/s1. The SMILES string of the molecule is CCCCOC(=O)c1ccc(NC(=O)C(=O)NC[C@H]2CCCO2)cc1. The topological polar surface area (TPSA) is 93.7 Å². The van der Waals surface area contributed by atoms with E-state index < -0.39 is 17.8 Å². The second-order valence-electron chi connectivity index (χ2n) is 5.87. The van der Waals surface area contributed by atoms with Gasteiger partial charge >= 0.3 is 17.8 Å². The number of benzene rings is 1. The lowest BCUT2D eigenvalue weighted by atomic mass is 10.2. The van der Waals surface area contributed by atoms with E-state index in [4.69, 9.17) is 9.47 Å². The molecule has 1 heterocycles. The van der Waals surface area contributed by atoms with E-state index in [2.05, 4.69) is 10.6 Å². The number of carbonyl (C=O) groups excluding carboxylic acids is 3. The van der Waals surface area contributed by atoms with Gasteiger partial charge < -0.3 is 20.1 Å². The Hall–Kier alpha value is -2.41. The Bertz CT molecular complexity index is 594. The predicted molar refractivity (Wildman–Crippen MR) is 92.2 cm³/mol. The summed E-state index contributed by atoms with van der Waals surface area (Å²) in [5.41, 5.74) is 0.833. The van der Waals surface area contributed by atoms with Gasteiger partial charge in [-0.15, -0.1) is 0 Å². The van der Waals surface area contributed by atoms with E-state index in [1.165, 1.54) is 0 Å². The van der Waals surface area contributed by atoms with Gasteiger partial charge in [0.15, 0.2) is 0 Å². The molecule has 7 nitrogen and oxygen atoms in total. The largest absolute Gasteiger partial charge is 0.462 e. The van der Waals surface area contributed by atoms with Crippen LogP contribution in [0.3, 0.4) is 0 Å². The molecule has 0 unspecified atom stereocenters. The Morgan fingerprint density at radius 3 is 2.60 bits per heavy atom. The van der Waals surface area contributed by atoms with Crippen LogP contribution in [0.4, 0.5) is 5.69 Å². The van der Waals surface area contributed by atoms with Crippen LogP contribution in [0.25, 0.3) is 0 Å². The van der Waals surface area contributed by atoms with Gasteiger partial charge in [-0.3, -0.25) is 9.59 Å². The van der Waals surface area contributed by atoms with Gasteiger partial charge in [0.2, 0.25) is 0 Å². The number of anilines is 1. The van der Waals surface area contributed by atoms with Crippen molar-refractivity contribution in [3.8, 4) is 0 Å². The predicted octanol–water partition coefficient (Wildman–Crippen LogP) is 1.88. The van der Waals surface area contributed by atoms with Crippen LogP contribution in [-0.2, 0) is 19.1 Å². The summed E-state index contributed by atoms with van der Waals surface area (Å²) in [5.74, 6) is -1.87. The van der Waals surface area contributed by atoms with Crippen molar-refractivity contribution in [2.45, 2.75) is 38.7 Å². The summed E-state index contributed by atoms with van der Waals surface area (Å²) in [5, 5.41) is 5.04. The highest BCUT2D eigenvalue weighted by Gasteiger charge is 2.19. The number of amides is 2. The van der Waals surface area contributed by atoms with Crippen LogP contribution in [0.15, 0.2) is 24.3 Å². The number of hydrogen-bond donors (Lipinski definition) is 2. The molecule has 0 aromatic heterocycles. The van der Waals surface area contributed by atoms with Gasteiger partial charge in [0.25, 0.3) is 0 Å². The van der Waals surface area contributed by atoms with Crippen LogP contribution in [-0.4, -0.2) is 43.6 Å². The minimum Gasteiger partial charge on any atom is -0.462 e. The first kappa shape index (κ1) is 18.9. The quantitative estimate of drug-likeness (QED) is 0.446. The molecular weight excluding hydrogens is 324 g/mol. The van der Waals surface area contributed by atoms with Crippen LogP contribution in [0, 0.1) is 0 Å². The molecule has 136 valence electrons. The molecule has 2 rings (SSSR count). The number of ether oxygens (including phenoxy) is 2. The molecule has 1 atom stereocenters. The summed E-state index contributed by atoms with van der Waals surface area (Å²) in [4.78, 5) is 35.4. The lowest BCUT2D eigenvalue weighted by Gasteiger charge is -2.11. The zero-order valence-electron chi connectivity index (χ0n) is 14.4. The van der Waals surface area contributed by atoms with E-state index in [1.807, 2.05) is 6.92 Å². The van der Waals surface area contributed by atoms with Crippen LogP contribution in [0.1, 0.15) is 43.0 Å². The average Bonchev–Trinajstić information content (AvgIpc) is 3.14. The molecule has 0 radical (unpaired) electrons. The van der Waals surface area contributed by atoms with Crippen LogP contribution < -0.4 is 10.6 Å². The highest BCUT2D eigenvalue weighted by atomic mass is 16.5. The van der Waals surface area contributed by atoms with Crippen molar-refractivity contribution in [1.82, 2.24) is 5.32 Å². The Kier molecular flexibility index (Phi) is 7.40. The van der Waals surface area contributed by atoms with Crippen molar-refractivity contribution >= 4 is 23.5 Å². The van der Waals surface area contributed by atoms with Crippen molar-refractivity contribution in [3.63, 3.8) is 0 Å². The molecular formula is C18H24N2O5. The van der Waals surface area contributed by atoms with E-state index in [0.717, 1.165) is 25.7 Å². The van der Waals surface area contributed by atoms with Crippen molar-refractivity contribution < 1.29 is 23.9 Å². The lowest BCUT2D eigenvalue weighted by molar-refractivity contribution is -0.136. The summed E-state index contributed by atoms with van der Waals surface area (Å²) in [6.07, 6.45) is 3.61. The Morgan fingerprint density at radius 2 is 1.96 bits per heavy atom. The van der Waals surface area contributed by atoms with Gasteiger partial charge in [-0.1, -0.05) is 13.3 Å². The van der Waals surface area contributed by atoms with E-state index in [1.54, 1.807) is 24.3 Å². The van der Waals surface area contributed by atoms with Gasteiger partial charge in [-0.2, -0.15) is 0 Å². The average molecular weight is 348 g/mol. The lowest BCUT2D eigenvalue weighted by Crippen LogP contribution is -2.39. The molecule has 7 heteroatoms. The van der Waals surface area contributed by atoms with E-state index >= 15 is 0 Å². The second kappa shape index (κ2) is 9.78. The highest BCUT2D eigenvalue weighted by Crippen LogP contribution is 2.12. The van der Waals surface area contributed by atoms with Crippen molar-refractivity contribution in [2.24, 2.45) is 0 Å². The zero-order valence-corrected chi connectivity index (χ0v) is 14.4. The first-order valence-corrected chi connectivity index (χ1v) is 8.58. The number of rotatable bonds is 7. The smallest absolute Gasteiger partial charge is 0.338 e. The maximum atomic E-state index is 11.9. The molecule has 1 saturated heterocycles. The fourth-order valence-electron chi connectivity index (χ4n) is 2.36. The van der Waals surface area contributed by atoms with Crippen LogP contribution >= 0.6 is 0 Å². The van der Waals surface area contributed by atoms with Crippen LogP contribution in [0.5, 0.6) is 0 Å². The van der Waals surface area contributed by atoms with E-state index in [9.17, 15) is 14.4 Å². The van der Waals surface area contributed by atoms with Gasteiger partial charge in [-0.25, -0.2) is 4.79 Å². The Labute approximate surface area is 147 Å². The summed E-state index contributed by atoms with van der Waals surface area (Å²) < 4.78 is 10.5. The Morgan fingerprint density at radius 1 is 1.20 bits per heavy atom. The van der Waals surface area contributed by atoms with Crippen molar-refractivity contribution in [3.05, 3.63) is 29.8 Å². The molecule has 2 N–H and O–H groups in total. The third kappa shape index (κ3) is 6.19. The molecule has 1 aliphatic rings. The molecule has 2 amide bonds. The fourth-order valence-corrected chi connectivity index (χ4v) is 2.36. The van der Waals surface area contributed by atoms with Crippen molar-refractivity contribution in [2.75, 3.05) is 25.1 Å². The molecule has 25 heavy (non-hydrogen) atoms. The summed E-state index contributed by atoms with van der Waals surface area (Å²) in [6.45, 7) is 3.43. The molecule has 1 aliphatic heterocycles. The number of esters is 1. The van der Waals surface area contributed by atoms with E-state index in [0.29, 0.717) is 31.0 Å². The van der Waals surface area contributed by atoms with E-state index in [-0.39, 0.29) is 6.10 Å². The first-order valence-electron chi connectivity index (χ1n) is 8.58. The number of hydrogen-bond acceptors (Lipinski definition) is 5. The monoisotopic (exact) mass is 348 g/mol. The minimum absolute atomic E-state index is 0.0187. The van der Waals surface area contributed by atoms with Crippen molar-refractivity contribution in [1.29, 1.82) is 0 Å². The minimum atomic E-state index is -0.753. The Balaban J connectivity index is 1.78. The molecule has 1 fully saturated rings. The summed E-state index contributed by atoms with van der Waals surface area (Å²) in [6, 6.07) is 6.21. The molecule has 0 saturated carbocycles. The molecule has 0 aliphatic carbocycles. The number of carbonyl (C=O) groups is 3. The molecule has 1 aromatic carbocycles. The fraction of sp³-hybridized carbons (Fsp3) is 0.500. The van der Waals surface area contributed by atoms with Gasteiger partial charge in [-0.05, 0) is 43.5 Å². The van der Waals surface area contributed by atoms with Gasteiger partial charge in [0.1, 0.15) is 0 Å². The summed E-state index contributed by atoms with van der Waals surface area (Å²) in [7, 11) is 0. The van der Waals surface area contributed by atoms with Gasteiger partial charge in [0.05, 0.1) is 18.3 Å². The number of nitrogens with one attached hydrogen (secondary N) is 2. The molecule has 0 spiro atoms. The summed E-state index contributed by atoms with van der Waals surface area (Å²) >= 11 is 0. The molecule has 0 bridgehead atoms. The first-order chi connectivity index (χ1) is 12.1. The van der Waals surface area contributed by atoms with Crippen LogP contribution in [0.2, 0.25) is 0 Å². The maximum Gasteiger partial charge on any atom is 0.338 e. The second-order valence-corrected chi connectivity index (χ2v) is 5.87. The number of unbranched alkanes of at least 4 members (excludes halogenated alkanes) is 1. The zero-order chi connectivity index (χ0) is 18.1. The third-order valence-corrected chi connectivity index (χ3v) is 3.83. The molecule has 1 aromatic rings.